The second-order valence-corrected chi connectivity index (χ2v) is 5.72. The standard InChI is InChI=1S/C20H23N3O2/c1-16(24)23(2)15-18-10-6-12-19(14-18)22-20(25)21-13-7-11-17-8-4-3-5-9-17/h3-12,14H,13,15H2,1-2H3,(H2,21,22,25)/b11-7-. The zero-order valence-electron chi connectivity index (χ0n) is 14.5. The highest BCUT2D eigenvalue weighted by Crippen LogP contribution is 2.12. The van der Waals surface area contributed by atoms with Crippen molar-refractivity contribution in [3.8, 4) is 0 Å². The second kappa shape index (κ2) is 9.27. The number of urea groups is 1. The number of rotatable bonds is 6. The van der Waals surface area contributed by atoms with Gasteiger partial charge in [0.15, 0.2) is 0 Å². The van der Waals surface area contributed by atoms with Crippen LogP contribution in [0.3, 0.4) is 0 Å². The Morgan fingerprint density at radius 1 is 1.08 bits per heavy atom. The highest BCUT2D eigenvalue weighted by atomic mass is 16.2. The fourth-order valence-electron chi connectivity index (χ4n) is 2.22. The predicted octanol–water partition coefficient (Wildman–Crippen LogP) is 3.50. The number of amides is 3. The third-order valence-electron chi connectivity index (χ3n) is 3.63. The number of hydrogen-bond donors (Lipinski definition) is 2. The molecular formula is C20H23N3O2. The van der Waals surface area contributed by atoms with Gasteiger partial charge in [-0.2, -0.15) is 0 Å². The summed E-state index contributed by atoms with van der Waals surface area (Å²) in [5.74, 6) is 0.00121. The van der Waals surface area contributed by atoms with E-state index in [0.29, 0.717) is 18.8 Å². The van der Waals surface area contributed by atoms with Crippen LogP contribution in [0.1, 0.15) is 18.1 Å². The van der Waals surface area contributed by atoms with Gasteiger partial charge < -0.3 is 15.5 Å². The Balaban J connectivity index is 1.82. The molecule has 130 valence electrons. The van der Waals surface area contributed by atoms with Gasteiger partial charge in [0.2, 0.25) is 5.91 Å². The molecule has 0 bridgehead atoms. The number of nitrogens with one attached hydrogen (secondary N) is 2. The lowest BCUT2D eigenvalue weighted by Gasteiger charge is -2.15. The summed E-state index contributed by atoms with van der Waals surface area (Å²) in [5, 5.41) is 5.57. The summed E-state index contributed by atoms with van der Waals surface area (Å²) >= 11 is 0. The van der Waals surface area contributed by atoms with Gasteiger partial charge in [0.05, 0.1) is 0 Å². The van der Waals surface area contributed by atoms with Gasteiger partial charge in [0, 0.05) is 32.7 Å². The average molecular weight is 337 g/mol. The van der Waals surface area contributed by atoms with Gasteiger partial charge in [0.25, 0.3) is 0 Å². The average Bonchev–Trinajstić information content (AvgIpc) is 2.60. The number of hydrogen-bond acceptors (Lipinski definition) is 2. The van der Waals surface area contributed by atoms with Crippen LogP contribution in [0.4, 0.5) is 10.5 Å². The van der Waals surface area contributed by atoms with Crippen LogP contribution in [-0.4, -0.2) is 30.4 Å². The normalized spacial score (nSPS) is 10.5. The highest BCUT2D eigenvalue weighted by Gasteiger charge is 2.05. The molecule has 0 radical (unpaired) electrons. The molecule has 0 aliphatic carbocycles. The van der Waals surface area contributed by atoms with E-state index >= 15 is 0 Å². The third kappa shape index (κ3) is 6.51. The molecule has 0 unspecified atom stereocenters. The van der Waals surface area contributed by atoms with Crippen LogP contribution in [0, 0.1) is 0 Å². The molecule has 0 fully saturated rings. The van der Waals surface area contributed by atoms with Crippen molar-refractivity contribution in [1.29, 1.82) is 0 Å². The van der Waals surface area contributed by atoms with Gasteiger partial charge in [-0.15, -0.1) is 0 Å². The van der Waals surface area contributed by atoms with Crippen molar-refractivity contribution in [2.24, 2.45) is 0 Å². The van der Waals surface area contributed by atoms with Crippen LogP contribution in [0.2, 0.25) is 0 Å². The van der Waals surface area contributed by atoms with Crippen molar-refractivity contribution in [2.45, 2.75) is 13.5 Å². The number of nitrogens with zero attached hydrogens (tertiary/aromatic N) is 1. The fraction of sp³-hybridized carbons (Fsp3) is 0.200. The summed E-state index contributed by atoms with van der Waals surface area (Å²) < 4.78 is 0. The minimum atomic E-state index is -0.269. The molecule has 5 nitrogen and oxygen atoms in total. The first kappa shape index (κ1) is 18.3. The summed E-state index contributed by atoms with van der Waals surface area (Å²) in [6.45, 7) is 2.47. The molecule has 5 heteroatoms. The number of benzene rings is 2. The van der Waals surface area contributed by atoms with E-state index in [1.54, 1.807) is 11.9 Å². The zero-order valence-corrected chi connectivity index (χ0v) is 14.5. The van der Waals surface area contributed by atoms with E-state index < -0.39 is 0 Å². The van der Waals surface area contributed by atoms with E-state index in [1.165, 1.54) is 6.92 Å². The van der Waals surface area contributed by atoms with Crippen LogP contribution < -0.4 is 10.6 Å². The summed E-state index contributed by atoms with van der Waals surface area (Å²) in [7, 11) is 1.74. The molecule has 0 heterocycles. The summed E-state index contributed by atoms with van der Waals surface area (Å²) in [5.41, 5.74) is 2.74. The number of carbonyl (C=O) groups is 2. The number of carbonyl (C=O) groups excluding carboxylic acids is 2. The SMILES string of the molecule is CC(=O)N(C)Cc1cccc(NC(=O)NC/C=C\c2ccccc2)c1. The molecule has 0 aliphatic rings. The Labute approximate surface area is 148 Å². The Hall–Kier alpha value is -3.08. The minimum Gasteiger partial charge on any atom is -0.342 e. The molecule has 25 heavy (non-hydrogen) atoms. The van der Waals surface area contributed by atoms with E-state index in [1.807, 2.05) is 66.7 Å². The quantitative estimate of drug-likeness (QED) is 0.847. The minimum absolute atomic E-state index is 0.00121. The molecule has 0 aromatic heterocycles. The summed E-state index contributed by atoms with van der Waals surface area (Å²) in [6.07, 6.45) is 3.85. The number of anilines is 1. The first-order valence-electron chi connectivity index (χ1n) is 8.11. The van der Waals surface area contributed by atoms with Gasteiger partial charge in [-0.25, -0.2) is 4.79 Å². The van der Waals surface area contributed by atoms with Gasteiger partial charge in [0.1, 0.15) is 0 Å². The molecule has 0 saturated carbocycles. The first-order valence-corrected chi connectivity index (χ1v) is 8.11. The van der Waals surface area contributed by atoms with Crippen molar-refractivity contribution in [2.75, 3.05) is 18.9 Å². The third-order valence-corrected chi connectivity index (χ3v) is 3.63. The molecule has 2 N–H and O–H groups in total. The smallest absolute Gasteiger partial charge is 0.319 e. The lowest BCUT2D eigenvalue weighted by atomic mass is 10.2. The zero-order chi connectivity index (χ0) is 18.1. The Kier molecular flexibility index (Phi) is 6.77. The van der Waals surface area contributed by atoms with Gasteiger partial charge in [-0.05, 0) is 23.3 Å². The van der Waals surface area contributed by atoms with Crippen LogP contribution in [0.5, 0.6) is 0 Å². The van der Waals surface area contributed by atoms with E-state index in [2.05, 4.69) is 10.6 Å². The first-order chi connectivity index (χ1) is 12.0. The van der Waals surface area contributed by atoms with Crippen molar-refractivity contribution in [3.63, 3.8) is 0 Å². The molecule has 0 saturated heterocycles. The largest absolute Gasteiger partial charge is 0.342 e. The van der Waals surface area contributed by atoms with Crippen molar-refractivity contribution in [1.82, 2.24) is 10.2 Å². The maximum atomic E-state index is 11.9. The summed E-state index contributed by atoms with van der Waals surface area (Å²) in [4.78, 5) is 24.9. The predicted molar refractivity (Wildman–Crippen MR) is 101 cm³/mol. The molecule has 2 rings (SSSR count). The van der Waals surface area contributed by atoms with Gasteiger partial charge in [-0.3, -0.25) is 4.79 Å². The van der Waals surface area contributed by atoms with E-state index in [0.717, 1.165) is 11.1 Å². The van der Waals surface area contributed by atoms with Crippen LogP contribution in [0.25, 0.3) is 6.08 Å². The lowest BCUT2D eigenvalue weighted by Crippen LogP contribution is -2.28. The van der Waals surface area contributed by atoms with Crippen LogP contribution in [0.15, 0.2) is 60.7 Å². The topological polar surface area (TPSA) is 61.4 Å². The van der Waals surface area contributed by atoms with Gasteiger partial charge >= 0.3 is 6.03 Å². The summed E-state index contributed by atoms with van der Waals surface area (Å²) in [6, 6.07) is 17.1. The molecule has 3 amide bonds. The van der Waals surface area contributed by atoms with Crippen LogP contribution in [-0.2, 0) is 11.3 Å². The molecular weight excluding hydrogens is 314 g/mol. The fourth-order valence-corrected chi connectivity index (χ4v) is 2.22. The van der Waals surface area contributed by atoms with E-state index in [4.69, 9.17) is 0 Å². The van der Waals surface area contributed by atoms with Crippen LogP contribution >= 0.6 is 0 Å². The molecule has 0 aliphatic heterocycles. The van der Waals surface area contributed by atoms with E-state index in [9.17, 15) is 9.59 Å². The van der Waals surface area contributed by atoms with Crippen molar-refractivity contribution < 1.29 is 9.59 Å². The highest BCUT2D eigenvalue weighted by molar-refractivity contribution is 5.89. The molecule has 2 aromatic rings. The molecule has 0 spiro atoms. The molecule has 2 aromatic carbocycles. The van der Waals surface area contributed by atoms with Crippen molar-refractivity contribution >= 4 is 23.7 Å². The second-order valence-electron chi connectivity index (χ2n) is 5.72. The Morgan fingerprint density at radius 3 is 2.56 bits per heavy atom. The monoisotopic (exact) mass is 337 g/mol. The Morgan fingerprint density at radius 2 is 1.84 bits per heavy atom. The Bertz CT molecular complexity index is 742. The maximum absolute atomic E-state index is 11.9. The lowest BCUT2D eigenvalue weighted by molar-refractivity contribution is -0.128. The molecule has 0 atom stereocenters. The van der Waals surface area contributed by atoms with Crippen molar-refractivity contribution in [3.05, 3.63) is 71.8 Å². The van der Waals surface area contributed by atoms with Gasteiger partial charge in [-0.1, -0.05) is 54.6 Å². The maximum Gasteiger partial charge on any atom is 0.319 e. The van der Waals surface area contributed by atoms with E-state index in [-0.39, 0.29) is 11.9 Å².